The lowest BCUT2D eigenvalue weighted by molar-refractivity contribution is -0.0359. The number of alkyl halides is 1. The Balaban J connectivity index is 2.15. The van der Waals surface area contributed by atoms with Crippen molar-refractivity contribution in [2.75, 3.05) is 18.5 Å². The highest BCUT2D eigenvalue weighted by atomic mass is 79.9. The van der Waals surface area contributed by atoms with E-state index < -0.39 is 0 Å². The Bertz CT molecular complexity index is 412. The second-order valence-corrected chi connectivity index (χ2v) is 5.98. The largest absolute Gasteiger partial charge is 0.373 e. The molecular formula is C11H13BrClNO2S. The molecule has 3 nitrogen and oxygen atoms in total. The van der Waals surface area contributed by atoms with Gasteiger partial charge in [-0.3, -0.25) is 4.79 Å². The number of hydrogen-bond acceptors (Lipinski definition) is 3. The molecule has 1 fully saturated rings. The van der Waals surface area contributed by atoms with Gasteiger partial charge in [0.05, 0.1) is 23.8 Å². The van der Waals surface area contributed by atoms with Crippen LogP contribution in [-0.4, -0.2) is 41.4 Å². The van der Waals surface area contributed by atoms with E-state index in [1.807, 2.05) is 17.2 Å². The van der Waals surface area contributed by atoms with E-state index in [1.165, 1.54) is 11.3 Å². The van der Waals surface area contributed by atoms with Gasteiger partial charge < -0.3 is 9.64 Å². The SMILES string of the molecule is CC1COC(CBr)CN1C(=O)c1sccc1Cl. The minimum absolute atomic E-state index is 0.00625. The maximum atomic E-state index is 12.3. The summed E-state index contributed by atoms with van der Waals surface area (Å²) in [6.07, 6.45) is 0.0638. The Hall–Kier alpha value is -0.100. The fraction of sp³-hybridized carbons (Fsp3) is 0.545. The summed E-state index contributed by atoms with van der Waals surface area (Å²) in [5.41, 5.74) is 0. The Labute approximate surface area is 118 Å². The van der Waals surface area contributed by atoms with Crippen LogP contribution in [0, 0.1) is 0 Å². The lowest BCUT2D eigenvalue weighted by Crippen LogP contribution is -2.51. The molecule has 0 saturated carbocycles. The zero-order valence-electron chi connectivity index (χ0n) is 9.36. The number of nitrogens with zero attached hydrogens (tertiary/aromatic N) is 1. The Kier molecular flexibility index (Phi) is 4.47. The molecule has 17 heavy (non-hydrogen) atoms. The van der Waals surface area contributed by atoms with Gasteiger partial charge in [0.25, 0.3) is 5.91 Å². The summed E-state index contributed by atoms with van der Waals surface area (Å²) in [7, 11) is 0. The van der Waals surface area contributed by atoms with Crippen LogP contribution in [-0.2, 0) is 4.74 Å². The molecule has 1 saturated heterocycles. The van der Waals surface area contributed by atoms with Gasteiger partial charge in [-0.1, -0.05) is 27.5 Å². The van der Waals surface area contributed by atoms with E-state index in [0.29, 0.717) is 23.1 Å². The van der Waals surface area contributed by atoms with E-state index in [4.69, 9.17) is 16.3 Å². The maximum Gasteiger partial charge on any atom is 0.265 e. The maximum absolute atomic E-state index is 12.3. The van der Waals surface area contributed by atoms with Crippen LogP contribution in [0.25, 0.3) is 0 Å². The molecule has 0 radical (unpaired) electrons. The molecule has 0 aromatic carbocycles. The van der Waals surface area contributed by atoms with E-state index in [0.717, 1.165) is 5.33 Å². The average Bonchev–Trinajstić information content (AvgIpc) is 2.75. The molecule has 1 aromatic rings. The van der Waals surface area contributed by atoms with Crippen molar-refractivity contribution in [3.05, 3.63) is 21.3 Å². The van der Waals surface area contributed by atoms with Gasteiger partial charge in [0.15, 0.2) is 0 Å². The van der Waals surface area contributed by atoms with Crippen molar-refractivity contribution in [3.63, 3.8) is 0 Å². The van der Waals surface area contributed by atoms with E-state index >= 15 is 0 Å². The standard InChI is InChI=1S/C11H13BrClNO2S/c1-7-6-16-8(4-12)5-14(7)11(15)10-9(13)2-3-17-10/h2-3,7-8H,4-6H2,1H3. The summed E-state index contributed by atoms with van der Waals surface area (Å²) < 4.78 is 5.60. The van der Waals surface area contributed by atoms with Crippen LogP contribution in [0.15, 0.2) is 11.4 Å². The number of rotatable bonds is 2. The first-order valence-corrected chi connectivity index (χ1v) is 7.73. The molecule has 2 atom stereocenters. The molecule has 0 bridgehead atoms. The quantitative estimate of drug-likeness (QED) is 0.776. The minimum Gasteiger partial charge on any atom is -0.373 e. The molecule has 1 aliphatic rings. The lowest BCUT2D eigenvalue weighted by atomic mass is 10.2. The van der Waals surface area contributed by atoms with Crippen molar-refractivity contribution in [3.8, 4) is 0 Å². The molecule has 1 amide bonds. The molecule has 2 heterocycles. The fourth-order valence-corrected chi connectivity index (χ4v) is 3.25. The van der Waals surface area contributed by atoms with Crippen molar-refractivity contribution >= 4 is 44.8 Å². The molecule has 0 N–H and O–H groups in total. The van der Waals surface area contributed by atoms with Gasteiger partial charge in [0, 0.05) is 11.9 Å². The Morgan fingerprint density at radius 3 is 3.12 bits per heavy atom. The summed E-state index contributed by atoms with van der Waals surface area (Å²) in [5, 5.41) is 3.11. The summed E-state index contributed by atoms with van der Waals surface area (Å²) in [6, 6.07) is 1.85. The van der Waals surface area contributed by atoms with Gasteiger partial charge in [-0.25, -0.2) is 0 Å². The molecule has 94 valence electrons. The summed E-state index contributed by atoms with van der Waals surface area (Å²) >= 11 is 10.8. The van der Waals surface area contributed by atoms with E-state index in [2.05, 4.69) is 15.9 Å². The van der Waals surface area contributed by atoms with Crippen LogP contribution in [0.2, 0.25) is 5.02 Å². The molecular weight excluding hydrogens is 326 g/mol. The van der Waals surface area contributed by atoms with Gasteiger partial charge in [0.1, 0.15) is 4.88 Å². The molecule has 0 aliphatic carbocycles. The second kappa shape index (κ2) is 5.69. The first-order valence-electron chi connectivity index (χ1n) is 5.35. The lowest BCUT2D eigenvalue weighted by Gasteiger charge is -2.37. The number of ether oxygens (including phenoxy) is 1. The molecule has 1 aliphatic heterocycles. The first kappa shape index (κ1) is 13.3. The second-order valence-electron chi connectivity index (χ2n) is 4.01. The number of carbonyl (C=O) groups excluding carboxylic acids is 1. The monoisotopic (exact) mass is 337 g/mol. The molecule has 6 heteroatoms. The van der Waals surface area contributed by atoms with Crippen molar-refractivity contribution in [1.29, 1.82) is 0 Å². The van der Waals surface area contributed by atoms with Crippen LogP contribution in [0.1, 0.15) is 16.6 Å². The summed E-state index contributed by atoms with van der Waals surface area (Å²) in [6.45, 7) is 3.17. The Morgan fingerprint density at radius 2 is 2.53 bits per heavy atom. The van der Waals surface area contributed by atoms with Crippen LogP contribution < -0.4 is 0 Å². The third kappa shape index (κ3) is 2.84. The molecule has 1 aromatic heterocycles. The van der Waals surface area contributed by atoms with Crippen LogP contribution in [0.3, 0.4) is 0 Å². The predicted molar refractivity (Wildman–Crippen MR) is 73.4 cm³/mol. The molecule has 0 spiro atoms. The number of morpholine rings is 1. The smallest absolute Gasteiger partial charge is 0.265 e. The Morgan fingerprint density at radius 1 is 1.76 bits per heavy atom. The molecule has 2 rings (SSSR count). The van der Waals surface area contributed by atoms with Gasteiger partial charge in [-0.2, -0.15) is 0 Å². The third-order valence-electron chi connectivity index (χ3n) is 2.75. The summed E-state index contributed by atoms with van der Waals surface area (Å²) in [4.78, 5) is 14.8. The highest BCUT2D eigenvalue weighted by Gasteiger charge is 2.31. The number of thiophene rings is 1. The van der Waals surface area contributed by atoms with Crippen LogP contribution in [0.4, 0.5) is 0 Å². The third-order valence-corrected chi connectivity index (χ3v) is 4.80. The number of carbonyl (C=O) groups is 1. The number of hydrogen-bond donors (Lipinski definition) is 0. The normalized spacial score (nSPS) is 25.0. The minimum atomic E-state index is 0.00625. The number of halogens is 2. The topological polar surface area (TPSA) is 29.5 Å². The van der Waals surface area contributed by atoms with Crippen molar-refractivity contribution in [2.45, 2.75) is 19.1 Å². The molecule has 2 unspecified atom stereocenters. The zero-order chi connectivity index (χ0) is 12.4. The van der Waals surface area contributed by atoms with Crippen molar-refractivity contribution in [2.24, 2.45) is 0 Å². The zero-order valence-corrected chi connectivity index (χ0v) is 12.5. The first-order chi connectivity index (χ1) is 8.13. The van der Waals surface area contributed by atoms with Gasteiger partial charge in [-0.05, 0) is 18.4 Å². The highest BCUT2D eigenvalue weighted by molar-refractivity contribution is 9.09. The average molecular weight is 339 g/mol. The van der Waals surface area contributed by atoms with Crippen molar-refractivity contribution in [1.82, 2.24) is 4.90 Å². The van der Waals surface area contributed by atoms with E-state index in [-0.39, 0.29) is 18.1 Å². The van der Waals surface area contributed by atoms with Gasteiger partial charge in [-0.15, -0.1) is 11.3 Å². The van der Waals surface area contributed by atoms with Gasteiger partial charge in [0.2, 0.25) is 0 Å². The van der Waals surface area contributed by atoms with Crippen LogP contribution in [0.5, 0.6) is 0 Å². The van der Waals surface area contributed by atoms with Crippen LogP contribution >= 0.6 is 38.9 Å². The predicted octanol–water partition coefficient (Wildman–Crippen LogP) is 3.03. The summed E-state index contributed by atoms with van der Waals surface area (Å²) in [5.74, 6) is 0.00625. The van der Waals surface area contributed by atoms with Crippen molar-refractivity contribution < 1.29 is 9.53 Å². The fourth-order valence-electron chi connectivity index (χ4n) is 1.77. The number of amides is 1. The highest BCUT2D eigenvalue weighted by Crippen LogP contribution is 2.26. The van der Waals surface area contributed by atoms with Gasteiger partial charge >= 0.3 is 0 Å². The van der Waals surface area contributed by atoms with E-state index in [9.17, 15) is 4.79 Å². The van der Waals surface area contributed by atoms with E-state index in [1.54, 1.807) is 6.07 Å².